The van der Waals surface area contributed by atoms with E-state index in [2.05, 4.69) is 10.3 Å². The van der Waals surface area contributed by atoms with Gasteiger partial charge < -0.3 is 21.1 Å². The Labute approximate surface area is 168 Å². The molecule has 2 heterocycles. The zero-order chi connectivity index (χ0) is 20.3. The first-order valence-electron chi connectivity index (χ1n) is 9.42. The molecule has 3 rings (SSSR count). The minimum Gasteiger partial charge on any atom is -0.391 e. The third kappa shape index (κ3) is 4.40. The molecule has 0 radical (unpaired) electrons. The zero-order valence-electron chi connectivity index (χ0n) is 16.1. The van der Waals surface area contributed by atoms with Crippen LogP contribution in [0.4, 0.5) is 0 Å². The molecule has 1 fully saturated rings. The van der Waals surface area contributed by atoms with Gasteiger partial charge in [-0.1, -0.05) is 31.2 Å². The van der Waals surface area contributed by atoms with E-state index in [-0.39, 0.29) is 24.8 Å². The summed E-state index contributed by atoms with van der Waals surface area (Å²) in [6.45, 7) is 4.30. The van der Waals surface area contributed by atoms with E-state index < -0.39 is 18.2 Å². The molecule has 0 saturated carbocycles. The van der Waals surface area contributed by atoms with Gasteiger partial charge in [-0.05, 0) is 24.5 Å². The van der Waals surface area contributed by atoms with Crippen molar-refractivity contribution in [1.29, 1.82) is 0 Å². The maximum absolute atomic E-state index is 12.6. The van der Waals surface area contributed by atoms with Crippen LogP contribution in [0.1, 0.15) is 31.0 Å². The number of nitrogens with zero attached hydrogens (tertiary/aromatic N) is 2. The number of carbonyl (C=O) groups excluding carboxylic acids is 2. The molecule has 8 heteroatoms. The van der Waals surface area contributed by atoms with Crippen molar-refractivity contribution in [3.8, 4) is 10.4 Å². The number of aromatic nitrogens is 1. The Hall–Kier alpha value is -2.29. The van der Waals surface area contributed by atoms with Gasteiger partial charge in [-0.15, -0.1) is 11.3 Å². The highest BCUT2D eigenvalue weighted by molar-refractivity contribution is 7.13. The highest BCUT2D eigenvalue weighted by Crippen LogP contribution is 2.27. The third-order valence-electron chi connectivity index (χ3n) is 5.05. The number of aryl methyl sites for hydroxylation is 1. The first-order chi connectivity index (χ1) is 13.4. The predicted octanol–water partition coefficient (Wildman–Crippen LogP) is 1.43. The number of rotatable bonds is 6. The molecule has 2 aromatic rings. The number of amides is 2. The average molecular weight is 403 g/mol. The van der Waals surface area contributed by atoms with Gasteiger partial charge in [0.05, 0.1) is 28.2 Å². The second-order valence-electron chi connectivity index (χ2n) is 7.09. The molecule has 1 saturated heterocycles. The molecular weight excluding hydrogens is 376 g/mol. The predicted molar refractivity (Wildman–Crippen MR) is 109 cm³/mol. The van der Waals surface area contributed by atoms with Crippen LogP contribution in [0, 0.1) is 6.92 Å². The van der Waals surface area contributed by atoms with Crippen LogP contribution in [0.2, 0.25) is 0 Å². The number of β-amino-alcohol motifs (C(OH)–C–C–N with tert-alkyl or cyclic N) is 1. The molecule has 3 atom stereocenters. The third-order valence-corrected chi connectivity index (χ3v) is 6.03. The maximum atomic E-state index is 12.6. The quantitative estimate of drug-likeness (QED) is 0.677. The van der Waals surface area contributed by atoms with Crippen molar-refractivity contribution in [1.82, 2.24) is 15.2 Å². The molecule has 0 spiro atoms. The van der Waals surface area contributed by atoms with Gasteiger partial charge in [0, 0.05) is 19.5 Å². The normalized spacial score (nSPS) is 20.2. The Kier molecular flexibility index (Phi) is 6.43. The Morgan fingerprint density at radius 1 is 1.39 bits per heavy atom. The summed E-state index contributed by atoms with van der Waals surface area (Å²) < 4.78 is 0. The molecule has 2 amide bonds. The number of likely N-dealkylation sites (tertiary alicyclic amines) is 1. The van der Waals surface area contributed by atoms with Gasteiger partial charge in [-0.2, -0.15) is 0 Å². The Morgan fingerprint density at radius 2 is 2.11 bits per heavy atom. The van der Waals surface area contributed by atoms with Gasteiger partial charge in [0.25, 0.3) is 0 Å². The van der Waals surface area contributed by atoms with Crippen LogP contribution in [0.15, 0.2) is 29.8 Å². The van der Waals surface area contributed by atoms with Crippen molar-refractivity contribution < 1.29 is 14.7 Å². The molecule has 1 aromatic carbocycles. The summed E-state index contributed by atoms with van der Waals surface area (Å²) in [5.41, 5.74) is 10.7. The van der Waals surface area contributed by atoms with E-state index in [0.29, 0.717) is 13.0 Å². The van der Waals surface area contributed by atoms with Gasteiger partial charge in [0.2, 0.25) is 11.8 Å². The monoisotopic (exact) mass is 402 g/mol. The van der Waals surface area contributed by atoms with E-state index in [1.165, 1.54) is 4.90 Å². The topological polar surface area (TPSA) is 109 Å². The standard InChI is InChI=1S/C20H26N4O3S/c1-3-16(21)20(27)24-10-15(25)8-17(24)19(26)22-9-13-4-6-14(7-5-13)18-12(2)23-11-28-18/h4-7,11,15-17,25H,3,8-10,21H2,1-2H3,(H,22,26). The second-order valence-corrected chi connectivity index (χ2v) is 7.95. The van der Waals surface area contributed by atoms with Gasteiger partial charge in [-0.3, -0.25) is 9.59 Å². The molecule has 0 aliphatic carbocycles. The first-order valence-corrected chi connectivity index (χ1v) is 10.3. The molecule has 1 aliphatic rings. The fourth-order valence-electron chi connectivity index (χ4n) is 3.35. The van der Waals surface area contributed by atoms with Crippen LogP contribution < -0.4 is 11.1 Å². The second kappa shape index (κ2) is 8.81. The minimum absolute atomic E-state index is 0.146. The Bertz CT molecular complexity index is 836. The average Bonchev–Trinajstić information content (AvgIpc) is 3.30. The minimum atomic E-state index is -0.703. The van der Waals surface area contributed by atoms with E-state index in [0.717, 1.165) is 21.7 Å². The molecule has 1 aromatic heterocycles. The highest BCUT2D eigenvalue weighted by Gasteiger charge is 2.39. The molecule has 4 N–H and O–H groups in total. The largest absolute Gasteiger partial charge is 0.391 e. The molecule has 1 aliphatic heterocycles. The summed E-state index contributed by atoms with van der Waals surface area (Å²) in [6, 6.07) is 6.62. The van der Waals surface area contributed by atoms with Crippen LogP contribution in [-0.2, 0) is 16.1 Å². The van der Waals surface area contributed by atoms with Crippen molar-refractivity contribution in [2.45, 2.75) is 51.4 Å². The smallest absolute Gasteiger partial charge is 0.243 e. The molecule has 28 heavy (non-hydrogen) atoms. The lowest BCUT2D eigenvalue weighted by molar-refractivity contribution is -0.139. The SMILES string of the molecule is CCC(N)C(=O)N1CC(O)CC1C(=O)NCc1ccc(-c2scnc2C)cc1. The van der Waals surface area contributed by atoms with E-state index in [9.17, 15) is 14.7 Å². The van der Waals surface area contributed by atoms with Crippen LogP contribution >= 0.6 is 11.3 Å². The number of aliphatic hydroxyl groups is 1. The van der Waals surface area contributed by atoms with Crippen LogP contribution in [0.5, 0.6) is 0 Å². The maximum Gasteiger partial charge on any atom is 0.243 e. The van der Waals surface area contributed by atoms with E-state index in [4.69, 9.17) is 5.73 Å². The fourth-order valence-corrected chi connectivity index (χ4v) is 4.17. The van der Waals surface area contributed by atoms with Crippen LogP contribution in [0.3, 0.4) is 0 Å². The van der Waals surface area contributed by atoms with Crippen molar-refractivity contribution in [2.24, 2.45) is 5.73 Å². The lowest BCUT2D eigenvalue weighted by Crippen LogP contribution is -2.51. The summed E-state index contributed by atoms with van der Waals surface area (Å²) >= 11 is 1.60. The molecular formula is C20H26N4O3S. The highest BCUT2D eigenvalue weighted by atomic mass is 32.1. The Morgan fingerprint density at radius 3 is 2.71 bits per heavy atom. The number of nitrogens with one attached hydrogen (secondary N) is 1. The van der Waals surface area contributed by atoms with Crippen LogP contribution in [-0.4, -0.2) is 51.5 Å². The summed E-state index contributed by atoms with van der Waals surface area (Å²) in [6.07, 6.45) is 0.0221. The summed E-state index contributed by atoms with van der Waals surface area (Å²) in [7, 11) is 0. The molecule has 0 bridgehead atoms. The lowest BCUT2D eigenvalue weighted by atomic mass is 10.1. The van der Waals surface area contributed by atoms with Crippen molar-refractivity contribution in [2.75, 3.05) is 6.54 Å². The van der Waals surface area contributed by atoms with Gasteiger partial charge in [0.1, 0.15) is 6.04 Å². The fraction of sp³-hybridized carbons (Fsp3) is 0.450. The lowest BCUT2D eigenvalue weighted by Gasteiger charge is -2.26. The molecule has 150 valence electrons. The van der Waals surface area contributed by atoms with E-state index in [1.54, 1.807) is 11.3 Å². The number of carbonyl (C=O) groups is 2. The number of hydrogen-bond donors (Lipinski definition) is 3. The number of hydrogen-bond acceptors (Lipinski definition) is 6. The zero-order valence-corrected chi connectivity index (χ0v) is 16.9. The van der Waals surface area contributed by atoms with Gasteiger partial charge in [0.15, 0.2) is 0 Å². The van der Waals surface area contributed by atoms with E-state index >= 15 is 0 Å². The molecule has 3 unspecified atom stereocenters. The Balaban J connectivity index is 1.61. The number of nitrogens with two attached hydrogens (primary N) is 1. The van der Waals surface area contributed by atoms with Gasteiger partial charge in [-0.25, -0.2) is 4.98 Å². The summed E-state index contributed by atoms with van der Waals surface area (Å²) in [5.74, 6) is -0.556. The number of aliphatic hydroxyl groups excluding tert-OH is 1. The van der Waals surface area contributed by atoms with Crippen molar-refractivity contribution >= 4 is 23.2 Å². The number of benzene rings is 1. The number of thiazole rings is 1. The summed E-state index contributed by atoms with van der Waals surface area (Å²) in [4.78, 5) is 31.8. The molecule has 7 nitrogen and oxygen atoms in total. The first kappa shape index (κ1) is 20.4. The van der Waals surface area contributed by atoms with Gasteiger partial charge >= 0.3 is 0 Å². The van der Waals surface area contributed by atoms with Crippen LogP contribution in [0.25, 0.3) is 10.4 Å². The summed E-state index contributed by atoms with van der Waals surface area (Å²) in [5, 5.41) is 12.8. The van der Waals surface area contributed by atoms with E-state index in [1.807, 2.05) is 43.6 Å². The van der Waals surface area contributed by atoms with Crippen molar-refractivity contribution in [3.63, 3.8) is 0 Å². The van der Waals surface area contributed by atoms with Crippen molar-refractivity contribution in [3.05, 3.63) is 41.0 Å².